The molecule has 0 spiro atoms. The van der Waals surface area contributed by atoms with Crippen LogP contribution in [0.2, 0.25) is 5.15 Å². The highest BCUT2D eigenvalue weighted by Crippen LogP contribution is 2.21. The molecule has 1 N–H and O–H groups in total. The second kappa shape index (κ2) is 5.28. The van der Waals surface area contributed by atoms with Gasteiger partial charge >= 0.3 is 0 Å². The molecule has 2 aromatic rings. The largest absolute Gasteiger partial charge is 0.364 e. The Morgan fingerprint density at radius 1 is 1.50 bits per heavy atom. The van der Waals surface area contributed by atoms with Gasteiger partial charge in [0.25, 0.3) is 5.69 Å². The molecule has 94 valence electrons. The second-order valence-electron chi connectivity index (χ2n) is 3.50. The van der Waals surface area contributed by atoms with Gasteiger partial charge in [0.15, 0.2) is 0 Å². The van der Waals surface area contributed by atoms with Crippen molar-refractivity contribution in [2.75, 3.05) is 5.32 Å². The van der Waals surface area contributed by atoms with Crippen LogP contribution in [0.5, 0.6) is 0 Å². The number of thiazole rings is 1. The Hall–Kier alpha value is -1.73. The number of hydrogen-bond donors (Lipinski definition) is 1. The van der Waals surface area contributed by atoms with E-state index in [0.717, 1.165) is 10.7 Å². The molecule has 8 heteroatoms. The van der Waals surface area contributed by atoms with Crippen molar-refractivity contribution in [3.8, 4) is 0 Å². The quantitative estimate of drug-likeness (QED) is 0.530. The van der Waals surface area contributed by atoms with E-state index >= 15 is 0 Å². The maximum atomic E-state index is 10.7. The molecule has 0 saturated heterocycles. The molecule has 2 rings (SSSR count). The summed E-state index contributed by atoms with van der Waals surface area (Å²) in [5, 5.41) is 16.6. The second-order valence-corrected chi connectivity index (χ2v) is 4.95. The van der Waals surface area contributed by atoms with Gasteiger partial charge in [0, 0.05) is 5.38 Å². The molecule has 0 aromatic carbocycles. The summed E-state index contributed by atoms with van der Waals surface area (Å²) in [4.78, 5) is 18.4. The van der Waals surface area contributed by atoms with Crippen LogP contribution in [0.4, 0.5) is 11.5 Å². The minimum absolute atomic E-state index is 0.0844. The maximum absolute atomic E-state index is 10.7. The number of pyridine rings is 1. The molecule has 0 aliphatic carbocycles. The lowest BCUT2D eigenvalue weighted by Gasteiger charge is -2.03. The van der Waals surface area contributed by atoms with Gasteiger partial charge in [0.05, 0.1) is 34.3 Å². The summed E-state index contributed by atoms with van der Waals surface area (Å²) in [5.41, 5.74) is 0.772. The van der Waals surface area contributed by atoms with Crippen LogP contribution in [0.1, 0.15) is 10.7 Å². The average molecular weight is 285 g/mol. The normalized spacial score (nSPS) is 10.3. The molecular weight excluding hydrogens is 276 g/mol. The molecule has 0 fully saturated rings. The predicted octanol–water partition coefficient (Wildman–Crippen LogP) is 3.02. The first-order chi connectivity index (χ1) is 8.54. The summed E-state index contributed by atoms with van der Waals surface area (Å²) < 4.78 is 0. The average Bonchev–Trinajstić information content (AvgIpc) is 2.72. The van der Waals surface area contributed by atoms with Gasteiger partial charge in [0.1, 0.15) is 11.0 Å². The number of nitrogens with one attached hydrogen (secondary N) is 1. The zero-order chi connectivity index (χ0) is 13.1. The summed E-state index contributed by atoms with van der Waals surface area (Å²) >= 11 is 7.26. The van der Waals surface area contributed by atoms with Crippen LogP contribution in [0.15, 0.2) is 17.5 Å². The van der Waals surface area contributed by atoms with Crippen LogP contribution in [0.25, 0.3) is 0 Å². The number of aromatic nitrogens is 2. The zero-order valence-electron chi connectivity index (χ0n) is 9.38. The summed E-state index contributed by atoms with van der Waals surface area (Å²) in [5.74, 6) is 0.361. The van der Waals surface area contributed by atoms with Crippen LogP contribution in [-0.4, -0.2) is 14.9 Å². The number of halogens is 1. The fraction of sp³-hybridized carbons (Fsp3) is 0.200. The number of hydrogen-bond acceptors (Lipinski definition) is 6. The van der Waals surface area contributed by atoms with E-state index in [9.17, 15) is 10.1 Å². The smallest absolute Gasteiger partial charge is 0.276 e. The van der Waals surface area contributed by atoms with E-state index in [2.05, 4.69) is 15.3 Å². The third kappa shape index (κ3) is 3.14. The fourth-order valence-electron chi connectivity index (χ4n) is 1.35. The van der Waals surface area contributed by atoms with Gasteiger partial charge in [0.2, 0.25) is 0 Å². The Morgan fingerprint density at radius 2 is 2.28 bits per heavy atom. The van der Waals surface area contributed by atoms with Crippen molar-refractivity contribution >= 4 is 34.4 Å². The van der Waals surface area contributed by atoms with Crippen molar-refractivity contribution in [2.45, 2.75) is 13.5 Å². The number of nitrogens with zero attached hydrogens (tertiary/aromatic N) is 3. The summed E-state index contributed by atoms with van der Waals surface area (Å²) in [6.45, 7) is 2.37. The Kier molecular flexibility index (Phi) is 3.73. The standard InChI is InChI=1S/C10H9ClN4O2S/c1-6-13-7(5-18-6)4-12-10-3-8(15(16)17)2-9(11)14-10/h2-3,5H,4H2,1H3,(H,12,14). The van der Waals surface area contributed by atoms with Crippen LogP contribution in [-0.2, 0) is 6.54 Å². The molecule has 18 heavy (non-hydrogen) atoms. The molecule has 0 radical (unpaired) electrons. The van der Waals surface area contributed by atoms with Crippen molar-refractivity contribution < 1.29 is 4.92 Å². The zero-order valence-corrected chi connectivity index (χ0v) is 11.0. The van der Waals surface area contributed by atoms with Crippen LogP contribution >= 0.6 is 22.9 Å². The summed E-state index contributed by atoms with van der Waals surface area (Å²) in [7, 11) is 0. The molecule has 0 saturated carbocycles. The lowest BCUT2D eigenvalue weighted by Crippen LogP contribution is -2.02. The number of aryl methyl sites for hydroxylation is 1. The van der Waals surface area contributed by atoms with E-state index in [1.165, 1.54) is 12.1 Å². The lowest BCUT2D eigenvalue weighted by atomic mass is 10.4. The van der Waals surface area contributed by atoms with Gasteiger partial charge in [-0.25, -0.2) is 9.97 Å². The number of rotatable bonds is 4. The molecule has 2 heterocycles. The van der Waals surface area contributed by atoms with Gasteiger partial charge < -0.3 is 5.32 Å². The molecule has 0 aliphatic heterocycles. The highest BCUT2D eigenvalue weighted by atomic mass is 35.5. The predicted molar refractivity (Wildman–Crippen MR) is 70.1 cm³/mol. The summed E-state index contributed by atoms with van der Waals surface area (Å²) in [6, 6.07) is 2.55. The fourth-order valence-corrected chi connectivity index (χ4v) is 2.17. The molecule has 6 nitrogen and oxygen atoms in total. The van der Waals surface area contributed by atoms with Crippen molar-refractivity contribution in [2.24, 2.45) is 0 Å². The third-order valence-electron chi connectivity index (χ3n) is 2.11. The van der Waals surface area contributed by atoms with Gasteiger partial charge in [-0.2, -0.15) is 0 Å². The maximum Gasteiger partial charge on any atom is 0.276 e. The number of nitro groups is 1. The highest BCUT2D eigenvalue weighted by Gasteiger charge is 2.10. The van der Waals surface area contributed by atoms with E-state index in [1.807, 2.05) is 12.3 Å². The Bertz CT molecular complexity index is 587. The molecular formula is C10H9ClN4O2S. The minimum Gasteiger partial charge on any atom is -0.364 e. The van der Waals surface area contributed by atoms with Gasteiger partial charge in [-0.05, 0) is 6.92 Å². The molecule has 0 amide bonds. The van der Waals surface area contributed by atoms with E-state index < -0.39 is 4.92 Å². The topological polar surface area (TPSA) is 81.0 Å². The van der Waals surface area contributed by atoms with Gasteiger partial charge in [-0.15, -0.1) is 11.3 Å². The van der Waals surface area contributed by atoms with Crippen LogP contribution < -0.4 is 5.32 Å². The summed E-state index contributed by atoms with van der Waals surface area (Å²) in [6.07, 6.45) is 0. The molecule has 2 aromatic heterocycles. The van der Waals surface area contributed by atoms with Crippen molar-refractivity contribution in [1.82, 2.24) is 9.97 Å². The monoisotopic (exact) mass is 284 g/mol. The minimum atomic E-state index is -0.508. The van der Waals surface area contributed by atoms with Crippen molar-refractivity contribution in [1.29, 1.82) is 0 Å². The molecule has 0 aliphatic rings. The SMILES string of the molecule is Cc1nc(CNc2cc([N+](=O)[O-])cc(Cl)n2)cs1. The molecule has 0 unspecified atom stereocenters. The highest BCUT2D eigenvalue weighted by molar-refractivity contribution is 7.09. The van der Waals surface area contributed by atoms with Crippen molar-refractivity contribution in [3.63, 3.8) is 0 Å². The Balaban J connectivity index is 2.11. The van der Waals surface area contributed by atoms with E-state index in [4.69, 9.17) is 11.6 Å². The molecule has 0 atom stereocenters. The van der Waals surface area contributed by atoms with Crippen molar-refractivity contribution in [3.05, 3.63) is 43.5 Å². The van der Waals surface area contributed by atoms with Gasteiger partial charge in [-0.1, -0.05) is 11.6 Å². The van der Waals surface area contributed by atoms with Crippen LogP contribution in [0.3, 0.4) is 0 Å². The van der Waals surface area contributed by atoms with E-state index in [-0.39, 0.29) is 10.8 Å². The first-order valence-corrected chi connectivity index (χ1v) is 6.27. The van der Waals surface area contributed by atoms with Gasteiger partial charge in [-0.3, -0.25) is 10.1 Å². The molecule has 0 bridgehead atoms. The number of anilines is 1. The first kappa shape index (κ1) is 12.7. The lowest BCUT2D eigenvalue weighted by molar-refractivity contribution is -0.384. The van der Waals surface area contributed by atoms with E-state index in [1.54, 1.807) is 11.3 Å². The van der Waals surface area contributed by atoms with E-state index in [0.29, 0.717) is 12.4 Å². The first-order valence-electron chi connectivity index (χ1n) is 5.01. The third-order valence-corrected chi connectivity index (χ3v) is 3.12. The van der Waals surface area contributed by atoms with Crippen LogP contribution in [0, 0.1) is 17.0 Å². The Labute approximate surface area is 112 Å². The Morgan fingerprint density at radius 3 is 2.89 bits per heavy atom.